The van der Waals surface area contributed by atoms with Gasteiger partial charge in [-0.3, -0.25) is 30.3 Å². The van der Waals surface area contributed by atoms with Gasteiger partial charge in [-0.1, -0.05) is 41.4 Å². The minimum atomic E-state index is -3.08. The summed E-state index contributed by atoms with van der Waals surface area (Å²) >= 11 is 12.3. The molecule has 5 aromatic carbocycles. The number of amides is 1. The number of fused-ring (bicyclic) bond motifs is 5. The number of aryl methyl sites for hydroxylation is 1. The van der Waals surface area contributed by atoms with Gasteiger partial charge in [-0.15, -0.1) is 0 Å². The lowest BCUT2D eigenvalue weighted by molar-refractivity contribution is -0.129. The van der Waals surface area contributed by atoms with E-state index in [1.165, 1.54) is 57.1 Å². The normalized spacial score (nSPS) is 18.1. The molecule has 5 aromatic heterocycles. The Balaban J connectivity index is 0.000000123. The summed E-state index contributed by atoms with van der Waals surface area (Å²) in [4.78, 5) is 17.7. The second-order valence-electron chi connectivity index (χ2n) is 25.5. The summed E-state index contributed by atoms with van der Waals surface area (Å²) in [5.74, 6) is 1.26. The number of benzene rings is 5. The summed E-state index contributed by atoms with van der Waals surface area (Å²) in [6, 6.07) is 24.4. The molecule has 26 nitrogen and oxygen atoms in total. The summed E-state index contributed by atoms with van der Waals surface area (Å²) in [6.45, 7) is 13.1. The SMILES string of the molecule is CC(=O)N1CCN(c2ccc3[nH]ncc3c2)CC1.CS(=O)(=O)N1CCC(c2cc(Cl)cc3[nH]ncc23)CC1.CS(=O)(=O)N1CCC(c2ccc(Cl)c3[nH]ncc23)CC1.CS(=O)(=O)N1CCN(c2ccc3[nH]ncc3c2)CC1.Cc1ccc(C2CCN(S(C)(=O)=O)CC2)c2cn[nH]c12. The Morgan fingerprint density at radius 3 is 1.26 bits per heavy atom. The molecule has 5 aliphatic heterocycles. The molecule has 5 aliphatic rings. The third-order valence-corrected chi connectivity index (χ3v) is 24.9. The van der Waals surface area contributed by atoms with Crippen LogP contribution in [-0.2, 0) is 44.9 Å². The van der Waals surface area contributed by atoms with Gasteiger partial charge in [0.25, 0.3) is 0 Å². The highest BCUT2D eigenvalue weighted by Gasteiger charge is 2.31. The van der Waals surface area contributed by atoms with Gasteiger partial charge in [0, 0.05) is 142 Å². The van der Waals surface area contributed by atoms with Crippen molar-refractivity contribution in [3.8, 4) is 0 Å². The molecule has 5 N–H and O–H groups in total. The van der Waals surface area contributed by atoms with Crippen molar-refractivity contribution in [1.82, 2.24) is 73.1 Å². The molecule has 15 rings (SSSR count). The number of rotatable bonds is 9. The van der Waals surface area contributed by atoms with Crippen LogP contribution in [0.15, 0.2) is 104 Å². The van der Waals surface area contributed by atoms with Gasteiger partial charge in [0.05, 0.1) is 88.6 Å². The number of anilines is 2. The summed E-state index contributed by atoms with van der Waals surface area (Å²) in [7, 11) is -12.3. The van der Waals surface area contributed by atoms with Gasteiger partial charge in [0.15, 0.2) is 0 Å². The molecule has 0 saturated carbocycles. The quantitative estimate of drug-likeness (QED) is 0.0903. The van der Waals surface area contributed by atoms with Crippen LogP contribution in [0.2, 0.25) is 10.0 Å². The first-order valence-corrected chi connectivity index (χ1v) is 40.4. The Morgan fingerprint density at radius 1 is 0.412 bits per heavy atom. The molecular weight excluding hydrogens is 1360 g/mol. The average Bonchev–Trinajstić information content (AvgIpc) is 1.74. The van der Waals surface area contributed by atoms with Crippen LogP contribution < -0.4 is 9.80 Å². The van der Waals surface area contributed by atoms with Crippen LogP contribution in [0.25, 0.3) is 54.5 Å². The van der Waals surface area contributed by atoms with Crippen LogP contribution in [0.3, 0.4) is 0 Å². The van der Waals surface area contributed by atoms with Gasteiger partial charge in [0.1, 0.15) is 0 Å². The van der Waals surface area contributed by atoms with Crippen molar-refractivity contribution in [1.29, 1.82) is 0 Å². The molecule has 0 radical (unpaired) electrons. The maximum absolute atomic E-state index is 11.6. The molecule has 520 valence electrons. The number of piperidine rings is 3. The number of halogens is 2. The standard InChI is InChI=1S/C14H19N3O2S.2C13H16ClN3O2S.C13H16N4O.C12H16N4O2S/c1-10-3-4-12(13-9-15-16-14(10)13)11-5-7-17(8-6-11)20(2,18)19;1-20(18,19)17-4-2-9(3-5-17)11-6-10(14)7-13-12(11)8-15-16-13;1-20(18,19)17-6-4-9(5-7-17)10-2-3-12(14)13-11(10)8-15-16-13;1-10(18)16-4-6-17(7-5-16)12-2-3-13-11(8-12)9-14-15-13;1-19(17,18)16-6-4-15(5-7-16)11-2-3-12-10(8-11)9-13-14-12/h3-4,9,11H,5-8H2,1-2H3,(H,15,16);6-9H,2-5H2,1H3,(H,15,16);2-3,8-9H,4-7H2,1H3,(H,15,16);2-3,8-9H,4-7H2,1H3,(H,14,15);2-3,8-9H,4-7H2,1H3,(H,13,14). The first kappa shape index (κ1) is 71.0. The van der Waals surface area contributed by atoms with E-state index in [2.05, 4.69) is 104 Å². The molecule has 5 saturated heterocycles. The Hall–Kier alpha value is -7.26. The fourth-order valence-corrected chi connectivity index (χ4v) is 17.5. The lowest BCUT2D eigenvalue weighted by Crippen LogP contribution is -2.48. The van der Waals surface area contributed by atoms with Crippen LogP contribution in [0.1, 0.15) is 85.5 Å². The first-order chi connectivity index (χ1) is 46.2. The zero-order valence-electron chi connectivity index (χ0n) is 55.1. The largest absolute Gasteiger partial charge is 0.369 e. The molecule has 0 unspecified atom stereocenters. The van der Waals surface area contributed by atoms with Crippen LogP contribution in [0.5, 0.6) is 0 Å². The monoisotopic (exact) mass is 1440 g/mol. The first-order valence-electron chi connectivity index (χ1n) is 32.2. The summed E-state index contributed by atoms with van der Waals surface area (Å²) < 4.78 is 98.4. The van der Waals surface area contributed by atoms with Crippen LogP contribution in [-0.4, -0.2) is 229 Å². The number of hydrogen-bond donors (Lipinski definition) is 5. The van der Waals surface area contributed by atoms with Gasteiger partial charge in [0.2, 0.25) is 46.0 Å². The molecule has 32 heteroatoms. The maximum Gasteiger partial charge on any atom is 0.219 e. The number of aromatic amines is 5. The Labute approximate surface area is 575 Å². The molecule has 1 amide bonds. The second-order valence-corrected chi connectivity index (χ2v) is 34.3. The van der Waals surface area contributed by atoms with E-state index in [1.807, 2.05) is 59.9 Å². The predicted molar refractivity (Wildman–Crippen MR) is 383 cm³/mol. The minimum absolute atomic E-state index is 0.167. The lowest BCUT2D eigenvalue weighted by Gasteiger charge is -2.35. The van der Waals surface area contributed by atoms with Crippen molar-refractivity contribution in [2.24, 2.45) is 0 Å². The highest BCUT2D eigenvalue weighted by atomic mass is 35.5. The fraction of sp³-hybridized carbons (Fsp3) is 0.446. The molecule has 10 heterocycles. The van der Waals surface area contributed by atoms with E-state index in [4.69, 9.17) is 23.2 Å². The van der Waals surface area contributed by atoms with Crippen molar-refractivity contribution < 1.29 is 38.5 Å². The van der Waals surface area contributed by atoms with E-state index in [9.17, 15) is 38.5 Å². The highest BCUT2D eigenvalue weighted by Crippen LogP contribution is 2.38. The number of aromatic nitrogens is 10. The van der Waals surface area contributed by atoms with E-state index >= 15 is 0 Å². The molecule has 0 atom stereocenters. The molecule has 0 spiro atoms. The van der Waals surface area contributed by atoms with E-state index in [0.717, 1.165) is 138 Å². The van der Waals surface area contributed by atoms with Gasteiger partial charge < -0.3 is 14.7 Å². The molecule has 0 bridgehead atoms. The number of hydrogen-bond acceptors (Lipinski definition) is 16. The van der Waals surface area contributed by atoms with Gasteiger partial charge >= 0.3 is 0 Å². The van der Waals surface area contributed by atoms with E-state index in [0.29, 0.717) is 80.2 Å². The maximum atomic E-state index is 11.6. The Morgan fingerprint density at radius 2 is 0.794 bits per heavy atom. The molecule has 10 aromatic rings. The second kappa shape index (κ2) is 30.1. The molecule has 97 heavy (non-hydrogen) atoms. The molecule has 0 aliphatic carbocycles. The summed E-state index contributed by atoms with van der Waals surface area (Å²) in [6.07, 6.45) is 19.2. The van der Waals surface area contributed by atoms with Crippen molar-refractivity contribution in [2.45, 2.75) is 70.1 Å². The molecule has 5 fully saturated rings. The van der Waals surface area contributed by atoms with Crippen LogP contribution >= 0.6 is 23.2 Å². The zero-order chi connectivity index (χ0) is 69.0. The number of sulfonamides is 4. The Bertz CT molecular complexity index is 4740. The highest BCUT2D eigenvalue weighted by molar-refractivity contribution is 7.89. The van der Waals surface area contributed by atoms with E-state index in [-0.39, 0.29) is 5.91 Å². The minimum Gasteiger partial charge on any atom is -0.369 e. The predicted octanol–water partition coefficient (Wildman–Crippen LogP) is 8.60. The van der Waals surface area contributed by atoms with Crippen LogP contribution in [0.4, 0.5) is 11.4 Å². The summed E-state index contributed by atoms with van der Waals surface area (Å²) in [5.41, 5.74) is 12.1. The third-order valence-electron chi connectivity index (χ3n) is 19.1. The summed E-state index contributed by atoms with van der Waals surface area (Å²) in [5, 5.41) is 41.9. The van der Waals surface area contributed by atoms with Gasteiger partial charge in [-0.05, 0) is 140 Å². The van der Waals surface area contributed by atoms with Crippen molar-refractivity contribution in [3.05, 3.63) is 136 Å². The van der Waals surface area contributed by atoms with E-state index in [1.54, 1.807) is 32.2 Å². The van der Waals surface area contributed by atoms with Crippen LogP contribution in [0, 0.1) is 6.92 Å². The fourth-order valence-electron chi connectivity index (χ4n) is 13.6. The number of H-pyrrole nitrogens is 5. The lowest BCUT2D eigenvalue weighted by atomic mass is 9.87. The number of carbonyl (C=O) groups is 1. The van der Waals surface area contributed by atoms with Crippen molar-refractivity contribution >= 4 is 135 Å². The van der Waals surface area contributed by atoms with Crippen molar-refractivity contribution in [2.75, 3.05) is 126 Å². The number of nitrogens with zero attached hydrogens (tertiary/aromatic N) is 12. The third kappa shape index (κ3) is 17.2. The van der Waals surface area contributed by atoms with E-state index < -0.39 is 40.1 Å². The smallest absolute Gasteiger partial charge is 0.219 e. The van der Waals surface area contributed by atoms with Crippen molar-refractivity contribution in [3.63, 3.8) is 0 Å². The Kier molecular flexibility index (Phi) is 22.0. The number of piperazine rings is 2. The number of nitrogens with one attached hydrogen (secondary N) is 5. The average molecular weight is 1450 g/mol. The zero-order valence-corrected chi connectivity index (χ0v) is 59.9. The van der Waals surface area contributed by atoms with Gasteiger partial charge in [-0.2, -0.15) is 29.8 Å². The molecular formula is C65H83Cl2N17O9S4. The number of carbonyl (C=O) groups excluding carboxylic acids is 1. The topological polar surface area (TPSA) is 320 Å². The van der Waals surface area contributed by atoms with Gasteiger partial charge in [-0.25, -0.2) is 46.6 Å².